The maximum Gasteiger partial charge on any atom is 0.251 e. The van der Waals surface area contributed by atoms with Gasteiger partial charge in [-0.25, -0.2) is 4.98 Å². The molecule has 1 aromatic heterocycles. The van der Waals surface area contributed by atoms with Crippen LogP contribution in [0.3, 0.4) is 0 Å². The van der Waals surface area contributed by atoms with Gasteiger partial charge < -0.3 is 11.1 Å². The number of nitrogens with one attached hydrogen (secondary N) is 1. The number of thiazole rings is 1. The second-order valence-electron chi connectivity index (χ2n) is 6.32. The van der Waals surface area contributed by atoms with E-state index in [1.807, 2.05) is 31.2 Å². The molecule has 0 aliphatic heterocycles. The Balaban J connectivity index is 1.58. The van der Waals surface area contributed by atoms with Gasteiger partial charge in [0.15, 0.2) is 0 Å². The van der Waals surface area contributed by atoms with Crippen LogP contribution in [-0.2, 0) is 5.75 Å². The Kier molecular flexibility index (Phi) is 5.58. The van der Waals surface area contributed by atoms with Crippen LogP contribution in [0.5, 0.6) is 0 Å². The van der Waals surface area contributed by atoms with Gasteiger partial charge in [0.1, 0.15) is 0 Å². The Morgan fingerprint density at radius 1 is 1.33 bits per heavy atom. The molecule has 0 radical (unpaired) electrons. The van der Waals surface area contributed by atoms with Crippen molar-refractivity contribution in [3.63, 3.8) is 0 Å². The third kappa shape index (κ3) is 4.18. The van der Waals surface area contributed by atoms with E-state index in [1.54, 1.807) is 23.1 Å². The predicted molar refractivity (Wildman–Crippen MR) is 101 cm³/mol. The highest BCUT2D eigenvalue weighted by molar-refractivity contribution is 7.98. The summed E-state index contributed by atoms with van der Waals surface area (Å²) in [5.74, 6) is 0.834. The number of amides is 1. The van der Waals surface area contributed by atoms with E-state index in [1.165, 1.54) is 0 Å². The monoisotopic (exact) mass is 361 g/mol. The summed E-state index contributed by atoms with van der Waals surface area (Å²) in [5.41, 5.74) is 7.50. The quantitative estimate of drug-likeness (QED) is 0.769. The van der Waals surface area contributed by atoms with Gasteiger partial charge in [-0.3, -0.25) is 4.79 Å². The van der Waals surface area contributed by atoms with E-state index in [4.69, 9.17) is 5.73 Å². The zero-order chi connectivity index (χ0) is 17.0. The summed E-state index contributed by atoms with van der Waals surface area (Å²) in [5, 5.41) is 6.35. The highest BCUT2D eigenvalue weighted by Crippen LogP contribution is 2.29. The summed E-state index contributed by atoms with van der Waals surface area (Å²) >= 11 is 3.41. The highest BCUT2D eigenvalue weighted by atomic mass is 32.2. The van der Waals surface area contributed by atoms with Crippen LogP contribution in [0.2, 0.25) is 0 Å². The molecule has 1 aliphatic carbocycles. The number of rotatable bonds is 6. The molecule has 1 saturated carbocycles. The first-order valence-corrected chi connectivity index (χ1v) is 10.1. The normalized spacial score (nSPS) is 16.2. The number of carbonyl (C=O) groups is 1. The molecule has 1 amide bonds. The van der Waals surface area contributed by atoms with E-state index in [9.17, 15) is 4.79 Å². The van der Waals surface area contributed by atoms with Crippen molar-refractivity contribution in [1.29, 1.82) is 0 Å². The first-order valence-electron chi connectivity index (χ1n) is 8.27. The zero-order valence-electron chi connectivity index (χ0n) is 13.9. The van der Waals surface area contributed by atoms with Crippen molar-refractivity contribution in [3.05, 3.63) is 45.9 Å². The number of benzene rings is 1. The van der Waals surface area contributed by atoms with Gasteiger partial charge in [0.05, 0.1) is 16.2 Å². The van der Waals surface area contributed by atoms with Gasteiger partial charge in [0, 0.05) is 28.1 Å². The van der Waals surface area contributed by atoms with Crippen molar-refractivity contribution >= 4 is 29.0 Å². The number of aryl methyl sites for hydroxylation is 1. The molecule has 0 spiro atoms. The van der Waals surface area contributed by atoms with Crippen molar-refractivity contribution in [2.45, 2.75) is 48.8 Å². The molecule has 1 aliphatic rings. The molecule has 24 heavy (non-hydrogen) atoms. The highest BCUT2D eigenvalue weighted by Gasteiger charge is 2.33. The summed E-state index contributed by atoms with van der Waals surface area (Å²) in [6, 6.07) is 7.79. The van der Waals surface area contributed by atoms with E-state index in [2.05, 4.69) is 15.7 Å². The minimum absolute atomic E-state index is 0.0194. The first kappa shape index (κ1) is 17.5. The Bertz CT molecular complexity index is 691. The number of hydrogen-bond acceptors (Lipinski definition) is 5. The Morgan fingerprint density at radius 3 is 2.62 bits per heavy atom. The molecular formula is C18H23N3OS2. The standard InChI is InChI=1S/C18H23N3OS2/c1-13-20-15(10-23-13)11-24-16-6-4-14(5-7-16)17(22)21-18(12-19)8-2-3-9-18/h4-7,10H,2-3,8-9,11-12,19H2,1H3,(H,21,22). The van der Waals surface area contributed by atoms with Crippen LogP contribution in [0.15, 0.2) is 34.5 Å². The fourth-order valence-electron chi connectivity index (χ4n) is 3.08. The molecule has 3 rings (SSSR count). The van der Waals surface area contributed by atoms with Crippen LogP contribution in [-0.4, -0.2) is 23.0 Å². The molecule has 1 heterocycles. The largest absolute Gasteiger partial charge is 0.345 e. The van der Waals surface area contributed by atoms with Gasteiger partial charge >= 0.3 is 0 Å². The second-order valence-corrected chi connectivity index (χ2v) is 8.43. The van der Waals surface area contributed by atoms with Crippen molar-refractivity contribution in [2.24, 2.45) is 5.73 Å². The van der Waals surface area contributed by atoms with Crippen molar-refractivity contribution in [3.8, 4) is 0 Å². The van der Waals surface area contributed by atoms with E-state index in [-0.39, 0.29) is 11.4 Å². The van der Waals surface area contributed by atoms with Crippen LogP contribution in [0.1, 0.15) is 46.7 Å². The summed E-state index contributed by atoms with van der Waals surface area (Å²) in [7, 11) is 0. The fourth-order valence-corrected chi connectivity index (χ4v) is 4.59. The summed E-state index contributed by atoms with van der Waals surface area (Å²) < 4.78 is 0. The van der Waals surface area contributed by atoms with Gasteiger partial charge in [-0.1, -0.05) is 12.8 Å². The number of hydrogen-bond donors (Lipinski definition) is 2. The lowest BCUT2D eigenvalue weighted by molar-refractivity contribution is 0.0903. The summed E-state index contributed by atoms with van der Waals surface area (Å²) in [6.45, 7) is 2.53. The van der Waals surface area contributed by atoms with Crippen LogP contribution in [0.4, 0.5) is 0 Å². The second kappa shape index (κ2) is 7.68. The Hall–Kier alpha value is -1.37. The van der Waals surface area contributed by atoms with Gasteiger partial charge in [0.25, 0.3) is 5.91 Å². The lowest BCUT2D eigenvalue weighted by Gasteiger charge is -2.28. The minimum Gasteiger partial charge on any atom is -0.345 e. The number of nitrogens with two attached hydrogens (primary N) is 1. The molecule has 2 aromatic rings. The van der Waals surface area contributed by atoms with Gasteiger partial charge in [-0.2, -0.15) is 0 Å². The van der Waals surface area contributed by atoms with Crippen LogP contribution in [0, 0.1) is 6.92 Å². The summed E-state index contributed by atoms with van der Waals surface area (Å²) in [6.07, 6.45) is 4.25. The molecule has 6 heteroatoms. The summed E-state index contributed by atoms with van der Waals surface area (Å²) in [4.78, 5) is 18.1. The van der Waals surface area contributed by atoms with Crippen molar-refractivity contribution in [2.75, 3.05) is 6.54 Å². The fraction of sp³-hybridized carbons (Fsp3) is 0.444. The molecule has 1 fully saturated rings. The van der Waals surface area contributed by atoms with E-state index >= 15 is 0 Å². The molecule has 3 N–H and O–H groups in total. The molecule has 128 valence electrons. The molecular weight excluding hydrogens is 338 g/mol. The molecule has 0 saturated heterocycles. The van der Waals surface area contributed by atoms with Gasteiger partial charge in [-0.05, 0) is 44.0 Å². The van der Waals surface area contributed by atoms with Crippen LogP contribution < -0.4 is 11.1 Å². The number of aromatic nitrogens is 1. The SMILES string of the molecule is Cc1nc(CSc2ccc(C(=O)NC3(CN)CCCC3)cc2)cs1. The predicted octanol–water partition coefficient (Wildman–Crippen LogP) is 3.75. The zero-order valence-corrected chi connectivity index (χ0v) is 15.5. The third-order valence-corrected chi connectivity index (χ3v) is 6.37. The first-order chi connectivity index (χ1) is 11.6. The van der Waals surface area contributed by atoms with E-state index in [0.29, 0.717) is 12.1 Å². The maximum absolute atomic E-state index is 12.5. The van der Waals surface area contributed by atoms with Crippen molar-refractivity contribution < 1.29 is 4.79 Å². The lowest BCUT2D eigenvalue weighted by atomic mass is 9.97. The minimum atomic E-state index is -0.201. The maximum atomic E-state index is 12.5. The number of nitrogens with zero attached hydrogens (tertiary/aromatic N) is 1. The van der Waals surface area contributed by atoms with Crippen LogP contribution in [0.25, 0.3) is 0 Å². The topological polar surface area (TPSA) is 68.0 Å². The number of thioether (sulfide) groups is 1. The molecule has 1 aromatic carbocycles. The average Bonchev–Trinajstić information content (AvgIpc) is 3.23. The molecule has 4 nitrogen and oxygen atoms in total. The van der Waals surface area contributed by atoms with Crippen molar-refractivity contribution in [1.82, 2.24) is 10.3 Å². The third-order valence-electron chi connectivity index (χ3n) is 4.50. The molecule has 0 bridgehead atoms. The van der Waals surface area contributed by atoms with E-state index < -0.39 is 0 Å². The van der Waals surface area contributed by atoms with Crippen LogP contribution >= 0.6 is 23.1 Å². The smallest absolute Gasteiger partial charge is 0.251 e. The lowest BCUT2D eigenvalue weighted by Crippen LogP contribution is -2.51. The molecule has 0 atom stereocenters. The number of carbonyl (C=O) groups excluding carboxylic acids is 1. The average molecular weight is 362 g/mol. The Labute approximate surface area is 151 Å². The molecule has 0 unspecified atom stereocenters. The van der Waals surface area contributed by atoms with E-state index in [0.717, 1.165) is 47.0 Å². The van der Waals surface area contributed by atoms with Gasteiger partial charge in [-0.15, -0.1) is 23.1 Å². The van der Waals surface area contributed by atoms with Gasteiger partial charge in [0.2, 0.25) is 0 Å². The Morgan fingerprint density at radius 2 is 2.04 bits per heavy atom.